The third kappa shape index (κ3) is 4.07. The Kier molecular flexibility index (Phi) is 4.25. The summed E-state index contributed by atoms with van der Waals surface area (Å²) in [6.07, 6.45) is 5.71. The quantitative estimate of drug-likeness (QED) is 0.837. The highest BCUT2D eigenvalue weighted by Crippen LogP contribution is 2.28. The summed E-state index contributed by atoms with van der Waals surface area (Å²) in [6.45, 7) is 4.84. The maximum Gasteiger partial charge on any atom is 0.250 e. The summed E-state index contributed by atoms with van der Waals surface area (Å²) in [7, 11) is 0. The summed E-state index contributed by atoms with van der Waals surface area (Å²) in [5.74, 6) is 1.58. The zero-order chi connectivity index (χ0) is 13.0. The first-order valence-electron chi connectivity index (χ1n) is 6.34. The van der Waals surface area contributed by atoms with Crippen molar-refractivity contribution >= 4 is 11.6 Å². The second kappa shape index (κ2) is 5.91. The van der Waals surface area contributed by atoms with Crippen LogP contribution < -0.4 is 5.32 Å². The molecule has 1 aliphatic rings. The van der Waals surface area contributed by atoms with E-state index < -0.39 is 0 Å². The molecule has 1 aromatic rings. The molecule has 1 amide bonds. The number of carbonyl (C=O) groups excluding carboxylic acids is 1. The molecule has 18 heavy (non-hydrogen) atoms. The van der Waals surface area contributed by atoms with E-state index >= 15 is 0 Å². The standard InChI is InChI=1S/C13H19N3O2/c1-9(2)13-14-5-11(6-15-13)16-12(17)8-18-7-10-3-4-10/h5-6,9-10H,3-4,7-8H2,1-2H3,(H,16,17). The number of nitrogens with zero attached hydrogens (tertiary/aromatic N) is 2. The number of ether oxygens (including phenoxy) is 1. The van der Waals surface area contributed by atoms with Crippen LogP contribution in [0.1, 0.15) is 38.4 Å². The molecule has 0 unspecified atom stereocenters. The van der Waals surface area contributed by atoms with Gasteiger partial charge in [-0.25, -0.2) is 9.97 Å². The van der Waals surface area contributed by atoms with Crippen molar-refractivity contribution in [2.24, 2.45) is 5.92 Å². The van der Waals surface area contributed by atoms with Gasteiger partial charge >= 0.3 is 0 Å². The van der Waals surface area contributed by atoms with Crippen LogP contribution in [0.25, 0.3) is 0 Å². The van der Waals surface area contributed by atoms with Gasteiger partial charge in [-0.3, -0.25) is 4.79 Å². The molecule has 5 nitrogen and oxygen atoms in total. The number of rotatable bonds is 6. The molecule has 98 valence electrons. The summed E-state index contributed by atoms with van der Waals surface area (Å²) < 4.78 is 5.30. The molecule has 0 aliphatic heterocycles. The highest BCUT2D eigenvalue weighted by atomic mass is 16.5. The summed E-state index contributed by atoms with van der Waals surface area (Å²) in [6, 6.07) is 0. The van der Waals surface area contributed by atoms with Gasteiger partial charge < -0.3 is 10.1 Å². The third-order valence-corrected chi connectivity index (χ3v) is 2.76. The predicted octanol–water partition coefficient (Wildman–Crippen LogP) is 1.97. The molecule has 1 N–H and O–H groups in total. The SMILES string of the molecule is CC(C)c1ncc(NC(=O)COCC2CC2)cn1. The molecule has 0 spiro atoms. The normalized spacial score (nSPS) is 14.8. The largest absolute Gasteiger partial charge is 0.371 e. The monoisotopic (exact) mass is 249 g/mol. The Morgan fingerprint density at radius 3 is 2.67 bits per heavy atom. The van der Waals surface area contributed by atoms with Crippen LogP contribution in [0.2, 0.25) is 0 Å². The Hall–Kier alpha value is -1.49. The van der Waals surface area contributed by atoms with Crippen molar-refractivity contribution in [1.29, 1.82) is 0 Å². The van der Waals surface area contributed by atoms with Crippen molar-refractivity contribution < 1.29 is 9.53 Å². The van der Waals surface area contributed by atoms with Crippen molar-refractivity contribution in [3.05, 3.63) is 18.2 Å². The van der Waals surface area contributed by atoms with Gasteiger partial charge in [0.05, 0.1) is 24.7 Å². The lowest BCUT2D eigenvalue weighted by molar-refractivity contribution is -0.120. The van der Waals surface area contributed by atoms with Crippen LogP contribution in [0.15, 0.2) is 12.4 Å². The average Bonchev–Trinajstić information content (AvgIpc) is 3.13. The van der Waals surface area contributed by atoms with E-state index in [1.165, 1.54) is 12.8 Å². The number of carbonyl (C=O) groups is 1. The fraction of sp³-hybridized carbons (Fsp3) is 0.615. The fourth-order valence-electron chi connectivity index (χ4n) is 1.50. The Morgan fingerprint density at radius 2 is 2.11 bits per heavy atom. The molecular formula is C13H19N3O2. The van der Waals surface area contributed by atoms with E-state index in [1.807, 2.05) is 13.8 Å². The molecule has 0 aromatic carbocycles. The molecule has 5 heteroatoms. The number of hydrogen-bond acceptors (Lipinski definition) is 4. The Bertz CT molecular complexity index is 399. The number of hydrogen-bond donors (Lipinski definition) is 1. The lowest BCUT2D eigenvalue weighted by Crippen LogP contribution is -2.19. The van der Waals surface area contributed by atoms with E-state index in [2.05, 4.69) is 15.3 Å². The second-order valence-corrected chi connectivity index (χ2v) is 4.99. The zero-order valence-electron chi connectivity index (χ0n) is 10.8. The molecule has 1 heterocycles. The van der Waals surface area contributed by atoms with Gasteiger partial charge in [-0.1, -0.05) is 13.8 Å². The van der Waals surface area contributed by atoms with Gasteiger partial charge in [0.15, 0.2) is 0 Å². The third-order valence-electron chi connectivity index (χ3n) is 2.76. The summed E-state index contributed by atoms with van der Waals surface area (Å²) in [5.41, 5.74) is 0.611. The van der Waals surface area contributed by atoms with E-state index in [4.69, 9.17) is 4.74 Å². The van der Waals surface area contributed by atoms with Crippen molar-refractivity contribution in [2.75, 3.05) is 18.5 Å². The van der Waals surface area contributed by atoms with E-state index in [9.17, 15) is 4.79 Å². The molecule has 0 radical (unpaired) electrons. The summed E-state index contributed by atoms with van der Waals surface area (Å²) in [4.78, 5) is 19.9. The van der Waals surface area contributed by atoms with Crippen LogP contribution in [0.4, 0.5) is 5.69 Å². The molecule has 1 fully saturated rings. The molecule has 1 aromatic heterocycles. The highest BCUT2D eigenvalue weighted by molar-refractivity contribution is 5.91. The number of amides is 1. The van der Waals surface area contributed by atoms with Gasteiger partial charge in [-0.05, 0) is 18.8 Å². The van der Waals surface area contributed by atoms with Crippen LogP contribution in [-0.2, 0) is 9.53 Å². The first-order chi connectivity index (χ1) is 8.65. The van der Waals surface area contributed by atoms with Crippen molar-refractivity contribution in [3.63, 3.8) is 0 Å². The van der Waals surface area contributed by atoms with Gasteiger partial charge in [-0.2, -0.15) is 0 Å². The number of aromatic nitrogens is 2. The van der Waals surface area contributed by atoms with E-state index in [0.717, 1.165) is 5.82 Å². The minimum atomic E-state index is -0.156. The van der Waals surface area contributed by atoms with Gasteiger partial charge in [0.1, 0.15) is 12.4 Å². The minimum absolute atomic E-state index is 0.0996. The summed E-state index contributed by atoms with van der Waals surface area (Å²) in [5, 5.41) is 2.71. The lowest BCUT2D eigenvalue weighted by Gasteiger charge is -2.07. The van der Waals surface area contributed by atoms with Gasteiger partial charge in [0.25, 0.3) is 0 Å². The fourth-order valence-corrected chi connectivity index (χ4v) is 1.50. The molecule has 0 bridgehead atoms. The predicted molar refractivity (Wildman–Crippen MR) is 68.3 cm³/mol. The van der Waals surface area contributed by atoms with Crippen molar-refractivity contribution in [1.82, 2.24) is 9.97 Å². The van der Waals surface area contributed by atoms with E-state index in [1.54, 1.807) is 12.4 Å². The Morgan fingerprint density at radius 1 is 1.44 bits per heavy atom. The van der Waals surface area contributed by atoms with Crippen molar-refractivity contribution in [2.45, 2.75) is 32.6 Å². The lowest BCUT2D eigenvalue weighted by atomic mass is 10.2. The van der Waals surface area contributed by atoms with E-state index in [-0.39, 0.29) is 18.4 Å². The zero-order valence-corrected chi connectivity index (χ0v) is 10.8. The molecule has 0 saturated heterocycles. The molecule has 0 atom stereocenters. The van der Waals surface area contributed by atoms with Crippen LogP contribution in [0.3, 0.4) is 0 Å². The maximum atomic E-state index is 11.5. The molecular weight excluding hydrogens is 230 g/mol. The highest BCUT2D eigenvalue weighted by Gasteiger charge is 2.21. The molecule has 2 rings (SSSR count). The van der Waals surface area contributed by atoms with Crippen molar-refractivity contribution in [3.8, 4) is 0 Å². The molecule has 1 aliphatic carbocycles. The second-order valence-electron chi connectivity index (χ2n) is 4.99. The minimum Gasteiger partial charge on any atom is -0.371 e. The number of nitrogens with one attached hydrogen (secondary N) is 1. The van der Waals surface area contributed by atoms with E-state index in [0.29, 0.717) is 18.2 Å². The van der Waals surface area contributed by atoms with Crippen LogP contribution in [0.5, 0.6) is 0 Å². The first-order valence-corrected chi connectivity index (χ1v) is 6.34. The average molecular weight is 249 g/mol. The first kappa shape index (κ1) is 13.0. The smallest absolute Gasteiger partial charge is 0.250 e. The molecule has 1 saturated carbocycles. The van der Waals surface area contributed by atoms with Crippen LogP contribution in [0, 0.1) is 5.92 Å². The topological polar surface area (TPSA) is 64.1 Å². The van der Waals surface area contributed by atoms with Gasteiger partial charge in [0.2, 0.25) is 5.91 Å². The van der Waals surface area contributed by atoms with Crippen LogP contribution in [-0.4, -0.2) is 29.1 Å². The van der Waals surface area contributed by atoms with Gasteiger partial charge in [0, 0.05) is 5.92 Å². The summed E-state index contributed by atoms with van der Waals surface area (Å²) >= 11 is 0. The number of anilines is 1. The Labute approximate surface area is 107 Å². The van der Waals surface area contributed by atoms with Gasteiger partial charge in [-0.15, -0.1) is 0 Å². The van der Waals surface area contributed by atoms with Crippen LogP contribution >= 0.6 is 0 Å². The maximum absolute atomic E-state index is 11.5. The Balaban J connectivity index is 1.75.